The lowest BCUT2D eigenvalue weighted by molar-refractivity contribution is -0.129. The molecule has 1 amide bonds. The number of hydrogen-bond acceptors (Lipinski definition) is 6. The summed E-state index contributed by atoms with van der Waals surface area (Å²) in [5, 5.41) is 16.0. The number of nitrogens with one attached hydrogen (secondary N) is 1. The van der Waals surface area contributed by atoms with Crippen molar-refractivity contribution >= 4 is 11.8 Å². The van der Waals surface area contributed by atoms with Crippen LogP contribution in [0.2, 0.25) is 0 Å². The number of carbonyl (C=O) groups excluding carboxylic acids is 1. The molecule has 0 saturated carbocycles. The minimum absolute atomic E-state index is 0.0591. The van der Waals surface area contributed by atoms with E-state index in [1.54, 1.807) is 0 Å². The van der Waals surface area contributed by atoms with Crippen LogP contribution in [0.5, 0.6) is 5.75 Å². The molecule has 1 heterocycles. The van der Waals surface area contributed by atoms with Gasteiger partial charge in [-0.3, -0.25) is 4.79 Å². The highest BCUT2D eigenvalue weighted by Gasteiger charge is 2.53. The third-order valence-electron chi connectivity index (χ3n) is 7.55. The molecule has 0 aliphatic carbocycles. The summed E-state index contributed by atoms with van der Waals surface area (Å²) < 4.78 is 12.3. The highest BCUT2D eigenvalue weighted by Crippen LogP contribution is 2.43. The fourth-order valence-corrected chi connectivity index (χ4v) is 5.35. The van der Waals surface area contributed by atoms with Crippen LogP contribution >= 0.6 is 0 Å². The van der Waals surface area contributed by atoms with Crippen molar-refractivity contribution in [1.29, 1.82) is 0 Å². The molecule has 0 spiro atoms. The molecule has 2 atom stereocenters. The second-order valence-electron chi connectivity index (χ2n) is 10.7. The first-order valence-electron chi connectivity index (χ1n) is 14.6. The molecular weight excluding hydrogens is 554 g/mol. The number of aliphatic hydroxyl groups excluding tert-OH is 1. The zero-order chi connectivity index (χ0) is 30.8. The number of benzene rings is 4. The minimum Gasteiger partial charge on any atom is -0.494 e. The molecule has 224 valence electrons. The molecule has 0 fully saturated rings. The van der Waals surface area contributed by atoms with Gasteiger partial charge >= 0.3 is 0 Å². The number of aliphatic imine (C=N–C) groups is 1. The number of aryl methyl sites for hydroxylation is 1. The van der Waals surface area contributed by atoms with Crippen LogP contribution in [0, 0.1) is 6.92 Å². The van der Waals surface area contributed by atoms with E-state index < -0.39 is 11.6 Å². The Labute approximate surface area is 256 Å². The van der Waals surface area contributed by atoms with Crippen LogP contribution in [0.25, 0.3) is 10.4 Å². The number of aliphatic hydroxyl groups is 1. The first kappa shape index (κ1) is 30.4. The van der Waals surface area contributed by atoms with Crippen molar-refractivity contribution < 1.29 is 19.4 Å². The summed E-state index contributed by atoms with van der Waals surface area (Å²) in [7, 11) is 0. The fraction of sp³-hybridized carbons (Fsp3) is 0.257. The molecule has 0 radical (unpaired) electrons. The van der Waals surface area contributed by atoms with Gasteiger partial charge in [0.2, 0.25) is 5.90 Å². The van der Waals surface area contributed by atoms with E-state index in [-0.39, 0.29) is 25.5 Å². The van der Waals surface area contributed by atoms with Gasteiger partial charge in [-0.15, -0.1) is 0 Å². The Morgan fingerprint density at radius 3 is 2.50 bits per heavy atom. The van der Waals surface area contributed by atoms with Crippen LogP contribution in [0.15, 0.2) is 113 Å². The molecular formula is C35H35N5O4. The molecule has 0 saturated heterocycles. The zero-order valence-electron chi connectivity index (χ0n) is 24.6. The highest BCUT2D eigenvalue weighted by molar-refractivity contribution is 6.01. The Morgan fingerprint density at radius 1 is 1.02 bits per heavy atom. The number of carbonyl (C=O) groups is 1. The van der Waals surface area contributed by atoms with Gasteiger partial charge in [0.1, 0.15) is 5.75 Å². The van der Waals surface area contributed by atoms with Crippen LogP contribution in [-0.4, -0.2) is 35.7 Å². The number of ether oxygens (including phenoxy) is 2. The van der Waals surface area contributed by atoms with E-state index in [0.29, 0.717) is 36.8 Å². The number of amides is 1. The maximum atomic E-state index is 14.5. The zero-order valence-corrected chi connectivity index (χ0v) is 24.6. The maximum absolute atomic E-state index is 14.5. The molecule has 4 aromatic carbocycles. The molecule has 1 aliphatic rings. The van der Waals surface area contributed by atoms with Gasteiger partial charge in [0, 0.05) is 36.5 Å². The molecule has 5 rings (SSSR count). The summed E-state index contributed by atoms with van der Waals surface area (Å²) in [6, 6.07) is 32.6. The predicted octanol–water partition coefficient (Wildman–Crippen LogP) is 6.38. The second kappa shape index (κ2) is 14.4. The molecule has 1 aliphatic heterocycles. The smallest absolute Gasteiger partial charge is 0.252 e. The minimum atomic E-state index is -1.37. The van der Waals surface area contributed by atoms with E-state index in [2.05, 4.69) is 15.3 Å². The predicted molar refractivity (Wildman–Crippen MR) is 169 cm³/mol. The molecule has 0 aromatic heterocycles. The normalized spacial score (nSPS) is 17.2. The second-order valence-corrected chi connectivity index (χ2v) is 10.7. The van der Waals surface area contributed by atoms with Gasteiger partial charge in [-0.1, -0.05) is 89.5 Å². The molecule has 9 nitrogen and oxygen atoms in total. The molecule has 2 N–H and O–H groups in total. The Morgan fingerprint density at radius 2 is 1.77 bits per heavy atom. The van der Waals surface area contributed by atoms with Crippen molar-refractivity contribution in [2.24, 2.45) is 10.1 Å². The van der Waals surface area contributed by atoms with Gasteiger partial charge in [0.25, 0.3) is 5.91 Å². The third kappa shape index (κ3) is 7.09. The standard InChI is InChI=1S/C35H35N5O4/c1-25-9-7-10-26(21-25)23-37-34(42)35(22-29-13-5-6-14-30(29)24-38-40-36)32(27-11-3-2-4-12-27)44-33(39-35)28-15-17-31(18-16-28)43-20-8-19-41/h2-7,9-18,21,32,41H,8,19-20,22-24H2,1H3,(H,37,42)/t32-,35-/m1/s1. The Bertz CT molecular complexity index is 1650. The van der Waals surface area contributed by atoms with Crippen LogP contribution in [0.4, 0.5) is 0 Å². The van der Waals surface area contributed by atoms with Crippen molar-refractivity contribution in [3.05, 3.63) is 147 Å². The van der Waals surface area contributed by atoms with Crippen molar-refractivity contribution in [2.75, 3.05) is 13.2 Å². The van der Waals surface area contributed by atoms with E-state index in [1.807, 2.05) is 110 Å². The van der Waals surface area contributed by atoms with Crippen molar-refractivity contribution in [2.45, 2.75) is 44.5 Å². The number of hydrogen-bond donors (Lipinski definition) is 2. The van der Waals surface area contributed by atoms with E-state index in [0.717, 1.165) is 27.8 Å². The first-order valence-corrected chi connectivity index (χ1v) is 14.6. The highest BCUT2D eigenvalue weighted by atomic mass is 16.5. The number of nitrogens with zero attached hydrogens (tertiary/aromatic N) is 4. The molecule has 0 bridgehead atoms. The van der Waals surface area contributed by atoms with Crippen molar-refractivity contribution in [3.63, 3.8) is 0 Å². The Balaban J connectivity index is 1.58. The molecule has 44 heavy (non-hydrogen) atoms. The van der Waals surface area contributed by atoms with E-state index in [4.69, 9.17) is 25.1 Å². The first-order chi connectivity index (χ1) is 21.5. The average Bonchev–Trinajstić information content (AvgIpc) is 3.44. The van der Waals surface area contributed by atoms with Crippen molar-refractivity contribution in [3.8, 4) is 5.75 Å². The lowest BCUT2D eigenvalue weighted by Crippen LogP contribution is -2.49. The van der Waals surface area contributed by atoms with Gasteiger partial charge in [-0.25, -0.2) is 4.99 Å². The van der Waals surface area contributed by atoms with Gasteiger partial charge in [0.05, 0.1) is 13.2 Å². The third-order valence-corrected chi connectivity index (χ3v) is 7.55. The van der Waals surface area contributed by atoms with Crippen molar-refractivity contribution in [1.82, 2.24) is 5.32 Å². The molecule has 9 heteroatoms. The summed E-state index contributed by atoms with van der Waals surface area (Å²) in [5.74, 6) is 0.735. The van der Waals surface area contributed by atoms with E-state index in [9.17, 15) is 4.79 Å². The Kier molecular flexibility index (Phi) is 9.92. The summed E-state index contributed by atoms with van der Waals surface area (Å²) in [6.45, 7) is 2.96. The summed E-state index contributed by atoms with van der Waals surface area (Å²) in [6.07, 6.45) is 0.0246. The van der Waals surface area contributed by atoms with Gasteiger partial charge < -0.3 is 19.9 Å². The van der Waals surface area contributed by atoms with Gasteiger partial charge in [-0.2, -0.15) is 0 Å². The number of azide groups is 1. The Hall–Kier alpha value is -5.11. The summed E-state index contributed by atoms with van der Waals surface area (Å²) in [4.78, 5) is 22.5. The van der Waals surface area contributed by atoms with Crippen LogP contribution in [0.1, 0.15) is 45.9 Å². The van der Waals surface area contributed by atoms with E-state index >= 15 is 0 Å². The maximum Gasteiger partial charge on any atom is 0.252 e. The van der Waals surface area contributed by atoms with Crippen LogP contribution in [0.3, 0.4) is 0 Å². The monoisotopic (exact) mass is 589 g/mol. The van der Waals surface area contributed by atoms with Crippen LogP contribution in [-0.2, 0) is 29.0 Å². The number of rotatable bonds is 13. The topological polar surface area (TPSA) is 129 Å². The van der Waals surface area contributed by atoms with E-state index in [1.165, 1.54) is 0 Å². The lowest BCUT2D eigenvalue weighted by Gasteiger charge is -2.31. The molecule has 0 unspecified atom stereocenters. The lowest BCUT2D eigenvalue weighted by atomic mass is 9.81. The SMILES string of the molecule is Cc1cccc(CNC(=O)[C@]2(Cc3ccccc3CN=[N+]=[N-])N=C(c3ccc(OCCCO)cc3)O[C@@H]2c2ccccc2)c1. The summed E-state index contributed by atoms with van der Waals surface area (Å²) >= 11 is 0. The molecule has 4 aromatic rings. The average molecular weight is 590 g/mol. The quantitative estimate of drug-likeness (QED) is 0.0811. The van der Waals surface area contributed by atoms with Crippen LogP contribution < -0.4 is 10.1 Å². The van der Waals surface area contributed by atoms with Gasteiger partial charge in [-0.05, 0) is 59.0 Å². The fourth-order valence-electron chi connectivity index (χ4n) is 5.35. The van der Waals surface area contributed by atoms with Gasteiger partial charge in [0.15, 0.2) is 11.6 Å². The summed E-state index contributed by atoms with van der Waals surface area (Å²) in [5.41, 5.74) is 12.9. The largest absolute Gasteiger partial charge is 0.494 e.